The number of carbonyl (C=O) groups excluding carboxylic acids is 1. The lowest BCUT2D eigenvalue weighted by Crippen LogP contribution is -2.06. The number of esters is 1. The summed E-state index contributed by atoms with van der Waals surface area (Å²) in [4.78, 5) is 15.4. The normalized spacial score (nSPS) is 10.2. The van der Waals surface area contributed by atoms with Gasteiger partial charge >= 0.3 is 5.97 Å². The van der Waals surface area contributed by atoms with Gasteiger partial charge in [0.25, 0.3) is 0 Å². The van der Waals surface area contributed by atoms with E-state index < -0.39 is 17.6 Å². The Labute approximate surface area is 114 Å². The van der Waals surface area contributed by atoms with Gasteiger partial charge < -0.3 is 10.1 Å². The van der Waals surface area contributed by atoms with Gasteiger partial charge in [-0.05, 0) is 25.1 Å². The fourth-order valence-corrected chi connectivity index (χ4v) is 1.58. The Bertz CT molecular complexity index is 632. The Morgan fingerprint density at radius 2 is 2.10 bits per heavy atom. The summed E-state index contributed by atoms with van der Waals surface area (Å²) < 4.78 is 31.1. The van der Waals surface area contributed by atoms with E-state index >= 15 is 0 Å². The highest BCUT2D eigenvalue weighted by Gasteiger charge is 2.09. The molecule has 104 valence electrons. The van der Waals surface area contributed by atoms with Gasteiger partial charge in [-0.25, -0.2) is 13.6 Å². The Kier molecular flexibility index (Phi) is 4.24. The van der Waals surface area contributed by atoms with Crippen LogP contribution in [0.2, 0.25) is 0 Å². The van der Waals surface area contributed by atoms with E-state index in [9.17, 15) is 13.6 Å². The molecule has 0 aliphatic heterocycles. The van der Waals surface area contributed by atoms with Crippen LogP contribution in [0.5, 0.6) is 0 Å². The number of aromatic nitrogens is 1. The maximum absolute atomic E-state index is 13.5. The lowest BCUT2D eigenvalue weighted by Gasteiger charge is -2.08. The van der Waals surface area contributed by atoms with Crippen LogP contribution in [0.1, 0.15) is 17.3 Å². The summed E-state index contributed by atoms with van der Waals surface area (Å²) in [6, 6.07) is 4.65. The van der Waals surface area contributed by atoms with Crippen LogP contribution in [0, 0.1) is 11.6 Å². The molecule has 0 amide bonds. The summed E-state index contributed by atoms with van der Waals surface area (Å²) in [6.45, 7) is 1.95. The van der Waals surface area contributed by atoms with Gasteiger partial charge in [0.05, 0.1) is 29.7 Å². The molecule has 0 aliphatic carbocycles. The third-order valence-corrected chi connectivity index (χ3v) is 2.46. The lowest BCUT2D eigenvalue weighted by molar-refractivity contribution is 0.0526. The van der Waals surface area contributed by atoms with Gasteiger partial charge in [-0.3, -0.25) is 4.98 Å². The number of benzene rings is 1. The van der Waals surface area contributed by atoms with Crippen molar-refractivity contribution in [1.29, 1.82) is 0 Å². The first kappa shape index (κ1) is 13.9. The van der Waals surface area contributed by atoms with E-state index in [4.69, 9.17) is 4.74 Å². The zero-order valence-electron chi connectivity index (χ0n) is 10.7. The van der Waals surface area contributed by atoms with E-state index in [0.29, 0.717) is 5.69 Å². The zero-order valence-corrected chi connectivity index (χ0v) is 10.7. The average molecular weight is 278 g/mol. The Morgan fingerprint density at radius 3 is 2.80 bits per heavy atom. The van der Waals surface area contributed by atoms with Crippen LogP contribution in [0.15, 0.2) is 36.7 Å². The fraction of sp³-hybridized carbons (Fsp3) is 0.143. The number of nitrogens with zero attached hydrogens (tertiary/aromatic N) is 1. The molecule has 0 saturated heterocycles. The van der Waals surface area contributed by atoms with Crippen molar-refractivity contribution in [3.05, 3.63) is 53.9 Å². The monoisotopic (exact) mass is 278 g/mol. The number of carbonyl (C=O) groups is 1. The molecule has 0 spiro atoms. The molecule has 0 saturated carbocycles. The summed E-state index contributed by atoms with van der Waals surface area (Å²) in [5.74, 6) is -1.90. The largest absolute Gasteiger partial charge is 0.462 e. The predicted octanol–water partition coefficient (Wildman–Crippen LogP) is 3.28. The molecule has 2 aromatic rings. The fourth-order valence-electron chi connectivity index (χ4n) is 1.58. The van der Waals surface area contributed by atoms with E-state index in [2.05, 4.69) is 10.3 Å². The topological polar surface area (TPSA) is 51.2 Å². The second kappa shape index (κ2) is 6.10. The highest BCUT2D eigenvalue weighted by Crippen LogP contribution is 2.20. The van der Waals surface area contributed by atoms with Crippen molar-refractivity contribution in [2.45, 2.75) is 6.92 Å². The average Bonchev–Trinajstić information content (AvgIpc) is 2.43. The maximum Gasteiger partial charge on any atom is 0.339 e. The van der Waals surface area contributed by atoms with Crippen molar-refractivity contribution < 1.29 is 18.3 Å². The summed E-state index contributed by atoms with van der Waals surface area (Å²) in [6.07, 6.45) is 2.77. The molecule has 2 rings (SSSR count). The molecule has 0 atom stereocenters. The summed E-state index contributed by atoms with van der Waals surface area (Å²) in [5.41, 5.74) is 0.745. The van der Waals surface area contributed by atoms with E-state index in [1.54, 1.807) is 6.92 Å². The van der Waals surface area contributed by atoms with Crippen molar-refractivity contribution in [2.75, 3.05) is 11.9 Å². The third kappa shape index (κ3) is 3.28. The number of hydrogen-bond donors (Lipinski definition) is 1. The number of halogens is 2. The van der Waals surface area contributed by atoms with E-state index in [0.717, 1.165) is 12.1 Å². The Balaban J connectivity index is 2.21. The van der Waals surface area contributed by atoms with Crippen molar-refractivity contribution in [3.63, 3.8) is 0 Å². The highest BCUT2D eigenvalue weighted by molar-refractivity contribution is 5.90. The molecule has 1 N–H and O–H groups in total. The minimum absolute atomic E-state index is 0.0919. The molecule has 0 radical (unpaired) electrons. The third-order valence-electron chi connectivity index (χ3n) is 2.46. The molecule has 1 aromatic carbocycles. The number of rotatable bonds is 4. The van der Waals surface area contributed by atoms with Crippen LogP contribution < -0.4 is 5.32 Å². The molecule has 4 nitrogen and oxygen atoms in total. The second-order valence-electron chi connectivity index (χ2n) is 3.93. The first-order valence-corrected chi connectivity index (χ1v) is 5.94. The van der Waals surface area contributed by atoms with Gasteiger partial charge in [0.1, 0.15) is 11.6 Å². The minimum atomic E-state index is -0.730. The smallest absolute Gasteiger partial charge is 0.339 e. The first-order chi connectivity index (χ1) is 9.60. The van der Waals surface area contributed by atoms with Crippen LogP contribution in [0.3, 0.4) is 0 Å². The molecular formula is C14H12F2N2O2. The SMILES string of the molecule is CCOC(=O)c1cncc(Nc2ccc(F)cc2F)c1. The van der Waals surface area contributed by atoms with Crippen molar-refractivity contribution in [1.82, 2.24) is 4.98 Å². The molecule has 0 fully saturated rings. The highest BCUT2D eigenvalue weighted by atomic mass is 19.1. The summed E-state index contributed by atoms with van der Waals surface area (Å²) in [7, 11) is 0. The second-order valence-corrected chi connectivity index (χ2v) is 3.93. The van der Waals surface area contributed by atoms with Crippen molar-refractivity contribution >= 4 is 17.3 Å². The van der Waals surface area contributed by atoms with Crippen molar-refractivity contribution in [2.24, 2.45) is 0 Å². The van der Waals surface area contributed by atoms with Crippen molar-refractivity contribution in [3.8, 4) is 0 Å². The zero-order chi connectivity index (χ0) is 14.5. The minimum Gasteiger partial charge on any atom is -0.462 e. The van der Waals surface area contributed by atoms with Crippen LogP contribution in [0.25, 0.3) is 0 Å². The Morgan fingerprint density at radius 1 is 1.30 bits per heavy atom. The van der Waals surface area contributed by atoms with E-state index in [1.807, 2.05) is 0 Å². The molecule has 0 aliphatic rings. The quantitative estimate of drug-likeness (QED) is 0.872. The van der Waals surface area contributed by atoms with Crippen LogP contribution in [-0.2, 0) is 4.74 Å². The van der Waals surface area contributed by atoms with Gasteiger partial charge in [-0.1, -0.05) is 0 Å². The van der Waals surface area contributed by atoms with Crippen LogP contribution in [0.4, 0.5) is 20.2 Å². The molecule has 1 aromatic heterocycles. The lowest BCUT2D eigenvalue weighted by atomic mass is 10.2. The summed E-state index contributed by atoms with van der Waals surface area (Å²) in [5, 5.41) is 2.72. The maximum atomic E-state index is 13.5. The number of pyridine rings is 1. The first-order valence-electron chi connectivity index (χ1n) is 5.94. The molecule has 0 unspecified atom stereocenters. The van der Waals surface area contributed by atoms with Gasteiger partial charge in [-0.2, -0.15) is 0 Å². The molecule has 0 bridgehead atoms. The van der Waals surface area contributed by atoms with Gasteiger partial charge in [-0.15, -0.1) is 0 Å². The summed E-state index contributed by atoms with van der Waals surface area (Å²) >= 11 is 0. The van der Waals surface area contributed by atoms with Gasteiger partial charge in [0.2, 0.25) is 0 Å². The standard InChI is InChI=1S/C14H12F2N2O2/c1-2-20-14(19)9-5-11(8-17-7-9)18-13-4-3-10(15)6-12(13)16/h3-8,18H,2H2,1H3. The van der Waals surface area contributed by atoms with Gasteiger partial charge in [0, 0.05) is 12.3 Å². The van der Waals surface area contributed by atoms with Crippen LogP contribution >= 0.6 is 0 Å². The number of hydrogen-bond acceptors (Lipinski definition) is 4. The van der Waals surface area contributed by atoms with Crippen LogP contribution in [-0.4, -0.2) is 17.6 Å². The number of anilines is 2. The number of ether oxygens (including phenoxy) is 1. The molecule has 6 heteroatoms. The predicted molar refractivity (Wildman–Crippen MR) is 69.8 cm³/mol. The molecule has 20 heavy (non-hydrogen) atoms. The number of nitrogens with one attached hydrogen (secondary N) is 1. The molecule has 1 heterocycles. The Hall–Kier alpha value is -2.50. The van der Waals surface area contributed by atoms with E-state index in [-0.39, 0.29) is 17.9 Å². The van der Waals surface area contributed by atoms with Gasteiger partial charge in [0.15, 0.2) is 0 Å². The molecular weight excluding hydrogens is 266 g/mol. The van der Waals surface area contributed by atoms with E-state index in [1.165, 1.54) is 24.5 Å².